The Morgan fingerprint density at radius 2 is 1.92 bits per heavy atom. The van der Waals surface area contributed by atoms with Crippen molar-refractivity contribution in [2.24, 2.45) is 11.7 Å². The Balaban J connectivity index is 0.00000264. The summed E-state index contributed by atoms with van der Waals surface area (Å²) in [5.74, 6) is -0.0200. The molecule has 2 rings (SSSR count). The third kappa shape index (κ3) is 5.67. The molecule has 7 heteroatoms. The predicted molar refractivity (Wildman–Crippen MR) is 106 cm³/mol. The molecule has 0 unspecified atom stereocenters. The van der Waals surface area contributed by atoms with Gasteiger partial charge in [-0.3, -0.25) is 4.79 Å². The van der Waals surface area contributed by atoms with Gasteiger partial charge < -0.3 is 20.5 Å². The molecule has 0 spiro atoms. The van der Waals surface area contributed by atoms with Crippen molar-refractivity contribution < 1.29 is 4.79 Å². The molecule has 136 valence electrons. The number of hydrogen-bond acceptors (Lipinski definition) is 3. The number of hydrogen-bond donors (Lipinski definition) is 2. The quantitative estimate of drug-likeness (QED) is 0.816. The van der Waals surface area contributed by atoms with Gasteiger partial charge in [0.2, 0.25) is 5.91 Å². The van der Waals surface area contributed by atoms with Crippen LogP contribution in [0.25, 0.3) is 10.9 Å². The molecule has 0 fully saturated rings. The zero-order chi connectivity index (χ0) is 16.3. The van der Waals surface area contributed by atoms with Gasteiger partial charge in [-0.25, -0.2) is 0 Å². The van der Waals surface area contributed by atoms with Crippen molar-refractivity contribution in [2.45, 2.75) is 26.4 Å². The molecule has 3 N–H and O–H groups in total. The van der Waals surface area contributed by atoms with Gasteiger partial charge in [0.05, 0.1) is 11.6 Å². The van der Waals surface area contributed by atoms with Crippen LogP contribution in [0, 0.1) is 5.92 Å². The van der Waals surface area contributed by atoms with Crippen molar-refractivity contribution in [1.82, 2.24) is 9.47 Å². The number of aromatic nitrogens is 1. The van der Waals surface area contributed by atoms with Crippen molar-refractivity contribution >= 4 is 47.3 Å². The van der Waals surface area contributed by atoms with Crippen molar-refractivity contribution in [3.63, 3.8) is 0 Å². The molecule has 1 heterocycles. The molecule has 24 heavy (non-hydrogen) atoms. The molecule has 1 atom stereocenters. The largest absolute Gasteiger partial charge is 0.346 e. The summed E-state index contributed by atoms with van der Waals surface area (Å²) in [4.78, 5) is 14.2. The fraction of sp³-hybridized carbons (Fsp3) is 0.471. The van der Waals surface area contributed by atoms with E-state index in [1.165, 1.54) is 5.39 Å². The molecular formula is C17H28Cl2N4O. The van der Waals surface area contributed by atoms with Gasteiger partial charge in [0.1, 0.15) is 0 Å². The Hall–Kier alpha value is -1.27. The van der Waals surface area contributed by atoms with E-state index in [0.29, 0.717) is 0 Å². The van der Waals surface area contributed by atoms with E-state index in [0.717, 1.165) is 24.3 Å². The Labute approximate surface area is 156 Å². The summed E-state index contributed by atoms with van der Waals surface area (Å²) in [7, 11) is 4.12. The van der Waals surface area contributed by atoms with Crippen molar-refractivity contribution in [2.75, 3.05) is 26.0 Å². The van der Waals surface area contributed by atoms with Crippen LogP contribution in [-0.2, 0) is 11.3 Å². The zero-order valence-electron chi connectivity index (χ0n) is 14.7. The summed E-state index contributed by atoms with van der Waals surface area (Å²) in [5, 5.41) is 4.08. The van der Waals surface area contributed by atoms with Crippen LogP contribution in [0.5, 0.6) is 0 Å². The Bertz CT molecular complexity index is 655. The van der Waals surface area contributed by atoms with E-state index in [2.05, 4.69) is 41.1 Å². The maximum atomic E-state index is 12.1. The summed E-state index contributed by atoms with van der Waals surface area (Å²) in [6.45, 7) is 5.78. The van der Waals surface area contributed by atoms with Crippen LogP contribution >= 0.6 is 24.8 Å². The van der Waals surface area contributed by atoms with Gasteiger partial charge in [-0.15, -0.1) is 24.8 Å². The van der Waals surface area contributed by atoms with E-state index in [-0.39, 0.29) is 36.6 Å². The lowest BCUT2D eigenvalue weighted by molar-refractivity contribution is -0.118. The first kappa shape index (κ1) is 22.7. The number of amides is 1. The van der Waals surface area contributed by atoms with E-state index in [9.17, 15) is 4.79 Å². The Kier molecular flexibility index (Phi) is 9.37. The lowest BCUT2D eigenvalue weighted by Crippen LogP contribution is -2.39. The van der Waals surface area contributed by atoms with Gasteiger partial charge in [0, 0.05) is 25.0 Å². The van der Waals surface area contributed by atoms with Crippen molar-refractivity contribution in [3.8, 4) is 0 Å². The zero-order valence-corrected chi connectivity index (χ0v) is 16.3. The molecule has 1 amide bonds. The third-order valence-electron chi connectivity index (χ3n) is 3.85. The van der Waals surface area contributed by atoms with Crippen LogP contribution in [0.4, 0.5) is 5.69 Å². The summed E-state index contributed by atoms with van der Waals surface area (Å²) in [5.41, 5.74) is 7.80. The molecule has 0 bridgehead atoms. The first-order chi connectivity index (χ1) is 10.4. The highest BCUT2D eigenvalue weighted by molar-refractivity contribution is 5.96. The lowest BCUT2D eigenvalue weighted by atomic mass is 10.0. The topological polar surface area (TPSA) is 63.3 Å². The smallest absolute Gasteiger partial charge is 0.241 e. The molecule has 1 aromatic carbocycles. The molecular weight excluding hydrogens is 347 g/mol. The molecule has 5 nitrogen and oxygen atoms in total. The highest BCUT2D eigenvalue weighted by Crippen LogP contribution is 2.21. The SMILES string of the molecule is CC(C)[C@H](N)C(=O)Nc1ccc2ccn(CCN(C)C)c2c1.Cl.Cl. The van der Waals surface area contributed by atoms with E-state index in [1.807, 2.05) is 32.0 Å². The number of fused-ring (bicyclic) bond motifs is 1. The Morgan fingerprint density at radius 3 is 2.50 bits per heavy atom. The number of benzene rings is 1. The van der Waals surface area contributed by atoms with Gasteiger partial charge in [-0.05, 0) is 43.6 Å². The standard InChI is InChI=1S/C17H26N4O.2ClH/c1-12(2)16(18)17(22)19-14-6-5-13-7-8-21(15(13)11-14)10-9-20(3)4;;/h5-8,11-12,16H,9-10,18H2,1-4H3,(H,19,22);2*1H/t16-;;/m0../s1. The van der Waals surface area contributed by atoms with Gasteiger partial charge >= 0.3 is 0 Å². The molecule has 0 aliphatic rings. The summed E-state index contributed by atoms with van der Waals surface area (Å²) >= 11 is 0. The average Bonchev–Trinajstić information content (AvgIpc) is 2.86. The number of rotatable bonds is 6. The number of nitrogens with one attached hydrogen (secondary N) is 1. The maximum Gasteiger partial charge on any atom is 0.241 e. The van der Waals surface area contributed by atoms with Crippen LogP contribution in [0.3, 0.4) is 0 Å². The Morgan fingerprint density at radius 1 is 1.25 bits per heavy atom. The fourth-order valence-electron chi connectivity index (χ4n) is 2.29. The predicted octanol–water partition coefficient (Wildman–Crippen LogP) is 2.97. The molecule has 0 saturated heterocycles. The molecule has 0 radical (unpaired) electrons. The van der Waals surface area contributed by atoms with Gasteiger partial charge in [-0.2, -0.15) is 0 Å². The maximum absolute atomic E-state index is 12.1. The van der Waals surface area contributed by atoms with Crippen LogP contribution in [-0.4, -0.2) is 42.1 Å². The second-order valence-electron chi connectivity index (χ2n) is 6.35. The number of likely N-dealkylation sites (N-methyl/N-ethyl adjacent to an activating group) is 1. The van der Waals surface area contributed by atoms with E-state index < -0.39 is 6.04 Å². The molecule has 0 aliphatic carbocycles. The molecule has 0 saturated carbocycles. The fourth-order valence-corrected chi connectivity index (χ4v) is 2.29. The lowest BCUT2D eigenvalue weighted by Gasteiger charge is -2.16. The number of nitrogens with zero attached hydrogens (tertiary/aromatic N) is 2. The van der Waals surface area contributed by atoms with Crippen LogP contribution in [0.1, 0.15) is 13.8 Å². The van der Waals surface area contributed by atoms with E-state index in [4.69, 9.17) is 5.73 Å². The average molecular weight is 375 g/mol. The van der Waals surface area contributed by atoms with Crippen molar-refractivity contribution in [3.05, 3.63) is 30.5 Å². The first-order valence-electron chi connectivity index (χ1n) is 7.68. The van der Waals surface area contributed by atoms with Crippen LogP contribution in [0.2, 0.25) is 0 Å². The van der Waals surface area contributed by atoms with Gasteiger partial charge in [0.15, 0.2) is 0 Å². The van der Waals surface area contributed by atoms with Gasteiger partial charge in [0.25, 0.3) is 0 Å². The normalized spacial score (nSPS) is 12.0. The summed E-state index contributed by atoms with van der Waals surface area (Å²) in [6.07, 6.45) is 2.08. The van der Waals surface area contributed by atoms with Crippen LogP contribution in [0.15, 0.2) is 30.5 Å². The minimum Gasteiger partial charge on any atom is -0.346 e. The van der Waals surface area contributed by atoms with Crippen LogP contribution < -0.4 is 11.1 Å². The van der Waals surface area contributed by atoms with E-state index >= 15 is 0 Å². The second kappa shape index (κ2) is 9.89. The highest BCUT2D eigenvalue weighted by Gasteiger charge is 2.17. The minimum atomic E-state index is -0.490. The third-order valence-corrected chi connectivity index (χ3v) is 3.85. The summed E-state index contributed by atoms with van der Waals surface area (Å²) < 4.78 is 2.20. The number of carbonyl (C=O) groups is 1. The summed E-state index contributed by atoms with van der Waals surface area (Å²) in [6, 6.07) is 7.56. The molecule has 1 aromatic heterocycles. The number of nitrogens with two attached hydrogens (primary N) is 1. The number of anilines is 1. The second-order valence-corrected chi connectivity index (χ2v) is 6.35. The molecule has 0 aliphatic heterocycles. The number of carbonyl (C=O) groups excluding carboxylic acids is 1. The van der Waals surface area contributed by atoms with Crippen molar-refractivity contribution in [1.29, 1.82) is 0 Å². The molecule has 2 aromatic rings. The monoisotopic (exact) mass is 374 g/mol. The van der Waals surface area contributed by atoms with E-state index in [1.54, 1.807) is 0 Å². The minimum absolute atomic E-state index is 0. The number of halogens is 2. The van der Waals surface area contributed by atoms with Gasteiger partial charge in [-0.1, -0.05) is 19.9 Å². The highest BCUT2D eigenvalue weighted by atomic mass is 35.5. The first-order valence-corrected chi connectivity index (χ1v) is 7.68.